The van der Waals surface area contributed by atoms with Crippen LogP contribution in [0.5, 0.6) is 0 Å². The fourth-order valence-electron chi connectivity index (χ4n) is 2.62. The molecule has 5 heteroatoms. The van der Waals surface area contributed by atoms with Crippen molar-refractivity contribution in [2.45, 2.75) is 26.3 Å². The van der Waals surface area contributed by atoms with Crippen LogP contribution in [0.3, 0.4) is 0 Å². The summed E-state index contributed by atoms with van der Waals surface area (Å²) in [4.78, 5) is 17.0. The summed E-state index contributed by atoms with van der Waals surface area (Å²) in [6, 6.07) is 8.02. The Morgan fingerprint density at radius 3 is 2.76 bits per heavy atom. The molecule has 3 N–H and O–H groups in total. The predicted molar refractivity (Wildman–Crippen MR) is 82.5 cm³/mol. The molecule has 0 aliphatic carbocycles. The largest absolute Gasteiger partial charge is 0.469 e. The molecular weight excluding hydrogens is 266 g/mol. The lowest BCUT2D eigenvalue weighted by molar-refractivity contribution is 0.517. The first-order valence-electron chi connectivity index (χ1n) is 7.18. The van der Waals surface area contributed by atoms with E-state index in [9.17, 15) is 4.79 Å². The Morgan fingerprint density at radius 2 is 2.05 bits per heavy atom. The number of aromatic amines is 2. The van der Waals surface area contributed by atoms with Gasteiger partial charge in [-0.05, 0) is 43.7 Å². The zero-order valence-electron chi connectivity index (χ0n) is 12.2. The van der Waals surface area contributed by atoms with E-state index in [1.165, 1.54) is 0 Å². The van der Waals surface area contributed by atoms with Gasteiger partial charge in [0, 0.05) is 5.56 Å². The van der Waals surface area contributed by atoms with E-state index in [4.69, 9.17) is 4.42 Å². The fourth-order valence-corrected chi connectivity index (χ4v) is 2.62. The van der Waals surface area contributed by atoms with Gasteiger partial charge in [-0.2, -0.15) is 0 Å². The van der Waals surface area contributed by atoms with Crippen molar-refractivity contribution in [3.05, 3.63) is 57.9 Å². The number of aromatic nitrogens is 2. The van der Waals surface area contributed by atoms with Crippen LogP contribution >= 0.6 is 0 Å². The van der Waals surface area contributed by atoms with Crippen molar-refractivity contribution in [2.75, 3.05) is 6.54 Å². The van der Waals surface area contributed by atoms with Crippen LogP contribution in [-0.2, 0) is 0 Å². The lowest BCUT2D eigenvalue weighted by Gasteiger charge is -2.18. The van der Waals surface area contributed by atoms with Crippen molar-refractivity contribution in [3.63, 3.8) is 0 Å². The van der Waals surface area contributed by atoms with Crippen molar-refractivity contribution in [1.29, 1.82) is 0 Å². The molecule has 0 saturated heterocycles. The molecule has 2 heterocycles. The third kappa shape index (κ3) is 2.64. The number of rotatable bonds is 5. The number of nitrogens with one attached hydrogen (secondary N) is 3. The van der Waals surface area contributed by atoms with Gasteiger partial charge in [-0.25, -0.2) is 4.79 Å². The quantitative estimate of drug-likeness (QED) is 0.675. The van der Waals surface area contributed by atoms with Gasteiger partial charge in [0.25, 0.3) is 0 Å². The maximum absolute atomic E-state index is 11.4. The summed E-state index contributed by atoms with van der Waals surface area (Å²) in [7, 11) is 0. The van der Waals surface area contributed by atoms with Crippen LogP contribution < -0.4 is 11.0 Å². The summed E-state index contributed by atoms with van der Waals surface area (Å²) >= 11 is 0. The molecule has 1 atom stereocenters. The van der Waals surface area contributed by atoms with E-state index in [1.54, 1.807) is 6.26 Å². The van der Waals surface area contributed by atoms with E-state index >= 15 is 0 Å². The van der Waals surface area contributed by atoms with E-state index < -0.39 is 0 Å². The second-order valence-corrected chi connectivity index (χ2v) is 5.20. The minimum Gasteiger partial charge on any atom is -0.469 e. The minimum absolute atomic E-state index is 0.0616. The third-order valence-corrected chi connectivity index (χ3v) is 3.68. The number of imidazole rings is 1. The molecule has 0 bridgehead atoms. The molecule has 5 nitrogen and oxygen atoms in total. The summed E-state index contributed by atoms with van der Waals surface area (Å²) in [6.07, 6.45) is 2.76. The number of furan rings is 1. The molecule has 0 saturated carbocycles. The van der Waals surface area contributed by atoms with E-state index in [-0.39, 0.29) is 11.7 Å². The maximum atomic E-state index is 11.4. The molecule has 1 unspecified atom stereocenters. The summed E-state index contributed by atoms with van der Waals surface area (Å²) in [5, 5.41) is 3.54. The average Bonchev–Trinajstić information content (AvgIpc) is 3.04. The highest BCUT2D eigenvalue weighted by Gasteiger charge is 2.18. The van der Waals surface area contributed by atoms with Gasteiger partial charge in [0.15, 0.2) is 0 Å². The van der Waals surface area contributed by atoms with E-state index in [0.717, 1.165) is 40.9 Å². The van der Waals surface area contributed by atoms with Gasteiger partial charge in [-0.3, -0.25) is 0 Å². The topological polar surface area (TPSA) is 73.8 Å². The Bertz CT molecular complexity index is 797. The first-order valence-corrected chi connectivity index (χ1v) is 7.18. The number of fused-ring (bicyclic) bond motifs is 1. The maximum Gasteiger partial charge on any atom is 0.323 e. The summed E-state index contributed by atoms with van der Waals surface area (Å²) < 4.78 is 5.43. The molecule has 110 valence electrons. The van der Waals surface area contributed by atoms with Crippen molar-refractivity contribution >= 4 is 11.0 Å². The van der Waals surface area contributed by atoms with Gasteiger partial charge in [-0.15, -0.1) is 0 Å². The van der Waals surface area contributed by atoms with Gasteiger partial charge in [0.1, 0.15) is 5.76 Å². The standard InChI is InChI=1S/C16H19N3O2/c1-3-7-17-15(12-6-8-21-10(12)2)11-4-5-13-14(9-11)19-16(20)18-13/h4-6,8-9,15,17H,3,7H2,1-2H3,(H2,18,19,20). The van der Waals surface area contributed by atoms with Crippen LogP contribution in [0.15, 0.2) is 39.7 Å². The molecule has 0 spiro atoms. The van der Waals surface area contributed by atoms with Gasteiger partial charge in [-0.1, -0.05) is 13.0 Å². The van der Waals surface area contributed by atoms with Gasteiger partial charge >= 0.3 is 5.69 Å². The first-order chi connectivity index (χ1) is 10.2. The van der Waals surface area contributed by atoms with Crippen molar-refractivity contribution < 1.29 is 4.42 Å². The third-order valence-electron chi connectivity index (χ3n) is 3.68. The number of aryl methyl sites for hydroxylation is 1. The highest BCUT2D eigenvalue weighted by Crippen LogP contribution is 2.27. The molecule has 1 aromatic carbocycles. The second-order valence-electron chi connectivity index (χ2n) is 5.20. The van der Waals surface area contributed by atoms with E-state index in [0.29, 0.717) is 0 Å². The fraction of sp³-hybridized carbons (Fsp3) is 0.312. The SMILES string of the molecule is CCCNC(c1ccc2[nH]c(=O)[nH]c2c1)c1ccoc1C. The highest BCUT2D eigenvalue weighted by molar-refractivity contribution is 5.75. The Balaban J connectivity index is 2.04. The van der Waals surface area contributed by atoms with Crippen LogP contribution in [0.25, 0.3) is 11.0 Å². The molecule has 3 rings (SSSR count). The van der Waals surface area contributed by atoms with Crippen LogP contribution in [0.4, 0.5) is 0 Å². The normalized spacial score (nSPS) is 12.9. The van der Waals surface area contributed by atoms with Crippen LogP contribution in [0.2, 0.25) is 0 Å². The summed E-state index contributed by atoms with van der Waals surface area (Å²) in [5.41, 5.74) is 3.69. The molecule has 3 aromatic rings. The zero-order chi connectivity index (χ0) is 14.8. The number of hydrogen-bond acceptors (Lipinski definition) is 3. The molecule has 0 aliphatic rings. The van der Waals surface area contributed by atoms with Crippen LogP contribution in [-0.4, -0.2) is 16.5 Å². The van der Waals surface area contributed by atoms with Crippen molar-refractivity contribution in [3.8, 4) is 0 Å². The average molecular weight is 285 g/mol. The first kappa shape index (κ1) is 13.7. The Kier molecular flexibility index (Phi) is 3.66. The van der Waals surface area contributed by atoms with Crippen molar-refractivity contribution in [2.24, 2.45) is 0 Å². The van der Waals surface area contributed by atoms with E-state index in [2.05, 4.69) is 22.2 Å². The second kappa shape index (κ2) is 5.61. The smallest absolute Gasteiger partial charge is 0.323 e. The molecule has 2 aromatic heterocycles. The Morgan fingerprint density at radius 1 is 1.24 bits per heavy atom. The number of hydrogen-bond donors (Lipinski definition) is 3. The van der Waals surface area contributed by atoms with E-state index in [1.807, 2.05) is 31.2 Å². The van der Waals surface area contributed by atoms with Gasteiger partial charge in [0.05, 0.1) is 23.3 Å². The summed E-state index contributed by atoms with van der Waals surface area (Å²) in [5.74, 6) is 0.909. The molecule has 0 aliphatic heterocycles. The van der Waals surface area contributed by atoms with Gasteiger partial charge < -0.3 is 19.7 Å². The Labute approximate surface area is 122 Å². The molecule has 21 heavy (non-hydrogen) atoms. The lowest BCUT2D eigenvalue weighted by atomic mass is 9.98. The van der Waals surface area contributed by atoms with Gasteiger partial charge in [0.2, 0.25) is 0 Å². The molecule has 0 fully saturated rings. The Hall–Kier alpha value is -2.27. The van der Waals surface area contributed by atoms with Crippen molar-refractivity contribution in [1.82, 2.24) is 15.3 Å². The number of H-pyrrole nitrogens is 2. The molecular formula is C16H19N3O2. The number of benzene rings is 1. The summed E-state index contributed by atoms with van der Waals surface area (Å²) in [6.45, 7) is 5.02. The minimum atomic E-state index is -0.181. The molecule has 0 radical (unpaired) electrons. The highest BCUT2D eigenvalue weighted by atomic mass is 16.3. The zero-order valence-corrected chi connectivity index (χ0v) is 12.2. The monoisotopic (exact) mass is 285 g/mol. The lowest BCUT2D eigenvalue weighted by Crippen LogP contribution is -2.23. The molecule has 0 amide bonds. The van der Waals surface area contributed by atoms with Crippen LogP contribution in [0.1, 0.15) is 36.3 Å². The predicted octanol–water partition coefficient (Wildman–Crippen LogP) is 2.85. The van der Waals surface area contributed by atoms with Crippen LogP contribution in [0, 0.1) is 6.92 Å².